The van der Waals surface area contributed by atoms with Gasteiger partial charge in [0.1, 0.15) is 4.90 Å². The van der Waals surface area contributed by atoms with Crippen LogP contribution in [0, 0.1) is 6.07 Å². The third-order valence-corrected chi connectivity index (χ3v) is 4.65. The molecule has 4 aromatic rings. The molecule has 0 amide bonds. The van der Waals surface area contributed by atoms with Gasteiger partial charge in [-0.05, 0) is 50.5 Å². The summed E-state index contributed by atoms with van der Waals surface area (Å²) in [5.41, 5.74) is 0. The molecule has 0 spiro atoms. The number of fused-ring (bicyclic) bond motifs is 4. The van der Waals surface area contributed by atoms with E-state index in [1.165, 1.54) is 6.07 Å². The fourth-order valence-corrected chi connectivity index (χ4v) is 3.26. The Hall–Kier alpha value is -2.43. The molecule has 1 radical (unpaired) electrons. The van der Waals surface area contributed by atoms with Crippen molar-refractivity contribution in [2.45, 2.75) is 4.90 Å². The Morgan fingerprint density at radius 1 is 0.773 bits per heavy atom. The van der Waals surface area contributed by atoms with E-state index >= 15 is 0 Å². The number of hydrogen-bond acceptors (Lipinski definition) is 2. The molecule has 0 saturated carbocycles. The van der Waals surface area contributed by atoms with E-state index in [2.05, 4.69) is 12.1 Å². The van der Waals surface area contributed by atoms with E-state index in [9.17, 15) is 13.0 Å². The first-order chi connectivity index (χ1) is 10.5. The van der Waals surface area contributed by atoms with Crippen molar-refractivity contribution in [3.63, 3.8) is 0 Å². The summed E-state index contributed by atoms with van der Waals surface area (Å²) in [6.45, 7) is 0. The molecule has 0 aliphatic rings. The van der Waals surface area contributed by atoms with Crippen molar-refractivity contribution < 1.29 is 13.0 Å². The number of hydrogen-bond donors (Lipinski definition) is 1. The van der Waals surface area contributed by atoms with Crippen LogP contribution in [0.3, 0.4) is 0 Å². The van der Waals surface area contributed by atoms with Crippen molar-refractivity contribution in [1.82, 2.24) is 0 Å². The molecule has 0 saturated heterocycles. The third kappa shape index (κ3) is 2.04. The quantitative estimate of drug-likeness (QED) is 0.326. The van der Waals surface area contributed by atoms with E-state index in [0.717, 1.165) is 26.9 Å². The monoisotopic (exact) mass is 307 g/mol. The highest BCUT2D eigenvalue weighted by molar-refractivity contribution is 7.85. The summed E-state index contributed by atoms with van der Waals surface area (Å²) in [7, 11) is -4.26. The van der Waals surface area contributed by atoms with Crippen LogP contribution in [0.15, 0.2) is 65.6 Å². The van der Waals surface area contributed by atoms with Crippen LogP contribution >= 0.6 is 0 Å². The molecule has 107 valence electrons. The fraction of sp³-hybridized carbons (Fsp3) is 0. The summed E-state index contributed by atoms with van der Waals surface area (Å²) < 4.78 is 31.9. The van der Waals surface area contributed by atoms with Gasteiger partial charge >= 0.3 is 0 Å². The molecule has 0 heterocycles. The molecule has 1 N–H and O–H groups in total. The Morgan fingerprint density at radius 3 is 2.14 bits per heavy atom. The normalized spacial score (nSPS) is 12.2. The predicted octanol–water partition coefficient (Wildman–Crippen LogP) is 4.19. The first-order valence-corrected chi connectivity index (χ1v) is 8.21. The molecule has 0 bridgehead atoms. The van der Waals surface area contributed by atoms with Crippen LogP contribution in [0.1, 0.15) is 0 Å². The first kappa shape index (κ1) is 13.2. The SMILES string of the molecule is O=S(=O)(O)c1[c]c2c(cc1)ccc1cc3ccccc3cc12. The van der Waals surface area contributed by atoms with Gasteiger partial charge in [0.25, 0.3) is 10.1 Å². The third-order valence-electron chi connectivity index (χ3n) is 3.86. The van der Waals surface area contributed by atoms with Crippen LogP contribution < -0.4 is 0 Å². The maximum atomic E-state index is 11.3. The van der Waals surface area contributed by atoms with Crippen molar-refractivity contribution in [3.8, 4) is 0 Å². The van der Waals surface area contributed by atoms with Crippen molar-refractivity contribution >= 4 is 42.4 Å². The molecule has 0 aliphatic carbocycles. The highest BCUT2D eigenvalue weighted by Gasteiger charge is 2.12. The Kier molecular flexibility index (Phi) is 2.73. The van der Waals surface area contributed by atoms with Crippen molar-refractivity contribution in [3.05, 3.63) is 66.7 Å². The molecule has 4 heteroatoms. The lowest BCUT2D eigenvalue weighted by Crippen LogP contribution is -1.97. The van der Waals surface area contributed by atoms with E-state index in [0.29, 0.717) is 5.39 Å². The summed E-state index contributed by atoms with van der Waals surface area (Å²) in [5.74, 6) is 0. The van der Waals surface area contributed by atoms with Gasteiger partial charge in [-0.15, -0.1) is 0 Å². The second-order valence-corrected chi connectivity index (χ2v) is 6.64. The minimum absolute atomic E-state index is 0.208. The van der Waals surface area contributed by atoms with E-state index < -0.39 is 10.1 Å². The van der Waals surface area contributed by atoms with Gasteiger partial charge < -0.3 is 0 Å². The second kappa shape index (κ2) is 4.53. The van der Waals surface area contributed by atoms with Crippen LogP contribution in [-0.4, -0.2) is 13.0 Å². The maximum absolute atomic E-state index is 11.3. The molecular formula is C18H11O3S. The molecular weight excluding hydrogens is 296 g/mol. The zero-order chi connectivity index (χ0) is 15.3. The number of benzene rings is 4. The van der Waals surface area contributed by atoms with Gasteiger partial charge in [0.15, 0.2) is 0 Å². The highest BCUT2D eigenvalue weighted by Crippen LogP contribution is 2.30. The van der Waals surface area contributed by atoms with Crippen molar-refractivity contribution in [2.24, 2.45) is 0 Å². The van der Waals surface area contributed by atoms with E-state index in [-0.39, 0.29) is 4.90 Å². The average molecular weight is 307 g/mol. The molecule has 0 aromatic heterocycles. The molecule has 0 unspecified atom stereocenters. The predicted molar refractivity (Wildman–Crippen MR) is 87.6 cm³/mol. The van der Waals surface area contributed by atoms with Gasteiger partial charge in [-0.1, -0.05) is 42.5 Å². The Labute approximate surface area is 127 Å². The molecule has 0 atom stereocenters. The molecule has 0 aliphatic heterocycles. The van der Waals surface area contributed by atoms with Crippen LogP contribution in [0.5, 0.6) is 0 Å². The first-order valence-electron chi connectivity index (χ1n) is 6.77. The van der Waals surface area contributed by atoms with Crippen LogP contribution in [0.4, 0.5) is 0 Å². The summed E-state index contributed by atoms with van der Waals surface area (Å²) in [5, 5.41) is 5.71. The topological polar surface area (TPSA) is 54.4 Å². The smallest absolute Gasteiger partial charge is 0.282 e. The second-order valence-electron chi connectivity index (χ2n) is 5.25. The summed E-state index contributed by atoms with van der Waals surface area (Å²) in [6, 6.07) is 21.9. The Bertz CT molecular complexity index is 1140. The van der Waals surface area contributed by atoms with Gasteiger partial charge in [0.05, 0.1) is 0 Å². The summed E-state index contributed by atoms with van der Waals surface area (Å²) in [4.78, 5) is -0.208. The molecule has 0 fully saturated rings. The van der Waals surface area contributed by atoms with Gasteiger partial charge in [-0.3, -0.25) is 4.55 Å². The molecule has 4 aromatic carbocycles. The lowest BCUT2D eigenvalue weighted by Gasteiger charge is -2.07. The maximum Gasteiger partial charge on any atom is 0.295 e. The van der Waals surface area contributed by atoms with Crippen molar-refractivity contribution in [2.75, 3.05) is 0 Å². The summed E-state index contributed by atoms with van der Waals surface area (Å²) >= 11 is 0. The van der Waals surface area contributed by atoms with Crippen LogP contribution in [0.2, 0.25) is 0 Å². The zero-order valence-electron chi connectivity index (χ0n) is 11.4. The highest BCUT2D eigenvalue weighted by atomic mass is 32.2. The number of rotatable bonds is 1. The largest absolute Gasteiger partial charge is 0.295 e. The zero-order valence-corrected chi connectivity index (χ0v) is 12.3. The van der Waals surface area contributed by atoms with Crippen molar-refractivity contribution in [1.29, 1.82) is 0 Å². The molecule has 4 rings (SSSR count). The van der Waals surface area contributed by atoms with E-state index in [1.54, 1.807) is 6.07 Å². The fourth-order valence-electron chi connectivity index (χ4n) is 2.79. The minimum Gasteiger partial charge on any atom is -0.282 e. The van der Waals surface area contributed by atoms with E-state index in [1.807, 2.05) is 42.5 Å². The van der Waals surface area contributed by atoms with Gasteiger partial charge in [-0.25, -0.2) is 0 Å². The molecule has 3 nitrogen and oxygen atoms in total. The lowest BCUT2D eigenvalue weighted by atomic mass is 9.98. The van der Waals surface area contributed by atoms with Gasteiger partial charge in [0, 0.05) is 6.07 Å². The minimum atomic E-state index is -4.26. The average Bonchev–Trinajstić information content (AvgIpc) is 2.51. The lowest BCUT2D eigenvalue weighted by molar-refractivity contribution is 0.483. The van der Waals surface area contributed by atoms with E-state index in [4.69, 9.17) is 0 Å². The van der Waals surface area contributed by atoms with Crippen LogP contribution in [0.25, 0.3) is 32.3 Å². The van der Waals surface area contributed by atoms with Gasteiger partial charge in [0.2, 0.25) is 0 Å². The standard InChI is InChI=1S/C18H11O3S/c19-22(20,21)16-8-7-12-5-6-15-9-13-3-1-2-4-14(13)10-17(15)18(12)11-16/h1-10H,(H,19,20,21). The van der Waals surface area contributed by atoms with Gasteiger partial charge in [-0.2, -0.15) is 8.42 Å². The Balaban J connectivity index is 2.18. The van der Waals surface area contributed by atoms with Crippen LogP contribution in [-0.2, 0) is 10.1 Å². The Morgan fingerprint density at radius 2 is 1.41 bits per heavy atom. The summed E-state index contributed by atoms with van der Waals surface area (Å²) in [6.07, 6.45) is 0. The molecule has 22 heavy (non-hydrogen) atoms.